The van der Waals surface area contributed by atoms with Gasteiger partial charge in [0, 0.05) is 36.9 Å². The summed E-state index contributed by atoms with van der Waals surface area (Å²) in [4.78, 5) is 14.4. The van der Waals surface area contributed by atoms with Crippen molar-refractivity contribution >= 4 is 29.2 Å². The van der Waals surface area contributed by atoms with Crippen LogP contribution >= 0.6 is 0 Å². The lowest BCUT2D eigenvalue weighted by molar-refractivity contribution is 0.142. The van der Waals surface area contributed by atoms with Gasteiger partial charge in [0.1, 0.15) is 11.6 Å². The van der Waals surface area contributed by atoms with Crippen molar-refractivity contribution in [3.63, 3.8) is 0 Å². The van der Waals surface area contributed by atoms with E-state index in [9.17, 15) is 18.0 Å². The minimum absolute atomic E-state index is 0.0713. The van der Waals surface area contributed by atoms with Crippen LogP contribution in [-0.2, 0) is 0 Å². The van der Waals surface area contributed by atoms with E-state index in [-0.39, 0.29) is 35.6 Å². The summed E-state index contributed by atoms with van der Waals surface area (Å²) in [6, 6.07) is 3.44. The minimum atomic E-state index is -0.697. The predicted octanol–water partition coefficient (Wildman–Crippen LogP) is 4.60. The lowest BCUT2D eigenvalue weighted by atomic mass is 10.0. The van der Waals surface area contributed by atoms with Gasteiger partial charge >= 0.3 is 6.03 Å². The molecule has 1 fully saturated rings. The van der Waals surface area contributed by atoms with Crippen molar-refractivity contribution in [2.75, 3.05) is 13.1 Å². The molecule has 0 unspecified atom stereocenters. The zero-order valence-electron chi connectivity index (χ0n) is 17.6. The average Bonchev–Trinajstić information content (AvgIpc) is 3.37. The maximum Gasteiger partial charge on any atom is 0.341 e. The van der Waals surface area contributed by atoms with Crippen LogP contribution in [0.2, 0.25) is 0 Å². The number of carbonyl (C=O) groups excluding carboxylic acids is 1. The molecule has 2 amide bonds. The van der Waals surface area contributed by atoms with Crippen molar-refractivity contribution in [1.29, 1.82) is 5.26 Å². The third-order valence-electron chi connectivity index (χ3n) is 5.35. The van der Waals surface area contributed by atoms with Crippen molar-refractivity contribution < 1.29 is 18.0 Å². The van der Waals surface area contributed by atoms with E-state index in [1.807, 2.05) is 6.07 Å². The normalized spacial score (nSPS) is 18.5. The fourth-order valence-corrected chi connectivity index (χ4v) is 3.62. The molecule has 0 aliphatic carbocycles. The molecule has 1 saturated heterocycles. The van der Waals surface area contributed by atoms with Crippen molar-refractivity contribution in [3.8, 4) is 6.07 Å². The van der Waals surface area contributed by atoms with Gasteiger partial charge < -0.3 is 4.90 Å². The SMILES string of the molecule is C=C(/C=C(F)\C=C(/C)C#N)[C@@H]1CC=NN1C(=O)N1CC(=Cc2cc3n[nH]c(F)c3cc2F)C1. The molecule has 1 aromatic carbocycles. The Hall–Kier alpha value is -4.13. The van der Waals surface area contributed by atoms with Gasteiger partial charge in [0.15, 0.2) is 0 Å². The number of aromatic nitrogens is 2. The highest BCUT2D eigenvalue weighted by Crippen LogP contribution is 2.28. The highest BCUT2D eigenvalue weighted by Gasteiger charge is 2.35. The van der Waals surface area contributed by atoms with Gasteiger partial charge in [0.2, 0.25) is 5.95 Å². The number of fused-ring (bicyclic) bond motifs is 1. The highest BCUT2D eigenvalue weighted by atomic mass is 19.1. The van der Waals surface area contributed by atoms with E-state index in [2.05, 4.69) is 21.9 Å². The van der Waals surface area contributed by atoms with Crippen molar-refractivity contribution in [1.82, 2.24) is 20.1 Å². The molecule has 0 bridgehead atoms. The highest BCUT2D eigenvalue weighted by molar-refractivity contribution is 5.83. The van der Waals surface area contributed by atoms with Gasteiger partial charge in [-0.05, 0) is 48.4 Å². The molecule has 1 N–H and O–H groups in total. The van der Waals surface area contributed by atoms with Gasteiger partial charge in [-0.2, -0.15) is 19.9 Å². The maximum absolute atomic E-state index is 14.3. The average molecular weight is 452 g/mol. The number of aromatic amines is 1. The van der Waals surface area contributed by atoms with Gasteiger partial charge in [-0.15, -0.1) is 0 Å². The number of halogens is 3. The molecule has 7 nitrogen and oxygen atoms in total. The smallest absolute Gasteiger partial charge is 0.315 e. The molecule has 1 atom stereocenters. The van der Waals surface area contributed by atoms with Gasteiger partial charge in [-0.1, -0.05) is 6.58 Å². The number of hydrogen-bond donors (Lipinski definition) is 1. The monoisotopic (exact) mass is 452 g/mol. The first-order valence-electron chi connectivity index (χ1n) is 10.0. The van der Waals surface area contributed by atoms with Gasteiger partial charge in [0.25, 0.3) is 0 Å². The quantitative estimate of drug-likeness (QED) is 0.543. The molecule has 0 spiro atoms. The Balaban J connectivity index is 1.42. The van der Waals surface area contributed by atoms with Crippen LogP contribution in [0.4, 0.5) is 18.0 Å². The van der Waals surface area contributed by atoms with Crippen molar-refractivity contribution in [2.45, 2.75) is 19.4 Å². The van der Waals surface area contributed by atoms with E-state index in [0.717, 1.165) is 17.7 Å². The predicted molar refractivity (Wildman–Crippen MR) is 117 cm³/mol. The number of nitrogens with one attached hydrogen (secondary N) is 1. The summed E-state index contributed by atoms with van der Waals surface area (Å²) in [7, 11) is 0. The number of H-pyrrole nitrogens is 1. The Morgan fingerprint density at radius 1 is 1.33 bits per heavy atom. The topological polar surface area (TPSA) is 88.4 Å². The Labute approximate surface area is 187 Å². The van der Waals surface area contributed by atoms with E-state index in [1.165, 1.54) is 29.0 Å². The summed E-state index contributed by atoms with van der Waals surface area (Å²) < 4.78 is 41.9. The zero-order valence-corrected chi connectivity index (χ0v) is 17.6. The second-order valence-corrected chi connectivity index (χ2v) is 7.81. The van der Waals surface area contributed by atoms with Gasteiger partial charge in [-0.3, -0.25) is 5.10 Å². The third-order valence-corrected chi connectivity index (χ3v) is 5.35. The Morgan fingerprint density at radius 3 is 2.82 bits per heavy atom. The van der Waals surface area contributed by atoms with Crippen LogP contribution in [0.25, 0.3) is 17.0 Å². The van der Waals surface area contributed by atoms with Crippen LogP contribution in [0.5, 0.6) is 0 Å². The van der Waals surface area contributed by atoms with Gasteiger partial charge in [0.05, 0.1) is 23.0 Å². The minimum Gasteiger partial charge on any atom is -0.315 e. The summed E-state index contributed by atoms with van der Waals surface area (Å²) in [5, 5.41) is 20.1. The Bertz CT molecular complexity index is 1310. The molecule has 33 heavy (non-hydrogen) atoms. The fraction of sp³-hybridized carbons (Fsp3) is 0.217. The second kappa shape index (κ2) is 8.78. The van der Waals surface area contributed by atoms with E-state index in [1.54, 1.807) is 12.3 Å². The van der Waals surface area contributed by atoms with E-state index < -0.39 is 23.6 Å². The molecule has 2 aliphatic rings. The van der Waals surface area contributed by atoms with Crippen LogP contribution in [0.1, 0.15) is 18.9 Å². The number of rotatable bonds is 4. The molecule has 2 aliphatic heterocycles. The molecule has 0 saturated carbocycles. The molecule has 3 heterocycles. The van der Waals surface area contributed by atoms with Crippen LogP contribution in [0.3, 0.4) is 0 Å². The molecule has 10 heteroatoms. The van der Waals surface area contributed by atoms with E-state index >= 15 is 0 Å². The molecule has 1 aromatic heterocycles. The fourth-order valence-electron chi connectivity index (χ4n) is 3.62. The number of hydrazone groups is 1. The summed E-state index contributed by atoms with van der Waals surface area (Å²) >= 11 is 0. The van der Waals surface area contributed by atoms with Crippen LogP contribution < -0.4 is 0 Å². The molecule has 4 rings (SSSR count). The number of carbonyl (C=O) groups is 1. The van der Waals surface area contributed by atoms with Crippen LogP contribution in [-0.4, -0.2) is 51.5 Å². The summed E-state index contributed by atoms with van der Waals surface area (Å²) in [5.41, 5.74) is 1.92. The van der Waals surface area contributed by atoms with Crippen LogP contribution in [0.15, 0.2) is 58.5 Å². The first-order chi connectivity index (χ1) is 15.8. The first-order valence-corrected chi connectivity index (χ1v) is 10.0. The van der Waals surface area contributed by atoms with E-state index in [0.29, 0.717) is 17.5 Å². The lowest BCUT2D eigenvalue weighted by Gasteiger charge is -2.37. The summed E-state index contributed by atoms with van der Waals surface area (Å²) in [6.07, 6.45) is 5.82. The number of nitrogens with zero attached hydrogens (tertiary/aromatic N) is 5. The first kappa shape index (κ1) is 22.1. The van der Waals surface area contributed by atoms with Crippen LogP contribution in [0, 0.1) is 23.1 Å². The number of nitriles is 1. The molecule has 168 valence electrons. The Kier molecular flexibility index (Phi) is 5.87. The molecule has 2 aromatic rings. The number of benzene rings is 1. The Morgan fingerprint density at radius 2 is 2.09 bits per heavy atom. The molecular weight excluding hydrogens is 433 g/mol. The van der Waals surface area contributed by atoms with Gasteiger partial charge in [-0.25, -0.2) is 18.6 Å². The van der Waals surface area contributed by atoms with Crippen molar-refractivity contribution in [2.24, 2.45) is 5.10 Å². The van der Waals surface area contributed by atoms with Crippen molar-refractivity contribution in [3.05, 3.63) is 70.7 Å². The number of likely N-dealkylation sites (tertiary alicyclic amines) is 1. The molecular formula is C23H19F3N6O. The molecule has 0 radical (unpaired) electrons. The standard InChI is InChI=1S/C23H19F3N6O/c1-13(10-27)5-17(24)6-14(2)21-3-4-28-32(21)23(33)31-11-15(12-31)7-16-8-20-18(9-19(16)25)22(26)30-29-20/h4-9,21H,2-3,11-12H2,1H3,(H,29,30)/b13-5+,17-6+/t21-/m0/s1. The number of allylic oxidation sites excluding steroid dienone is 3. The number of amides is 2. The number of urea groups is 1. The third kappa shape index (κ3) is 4.43. The maximum atomic E-state index is 14.3. The summed E-state index contributed by atoms with van der Waals surface area (Å²) in [5.74, 6) is -1.92. The largest absolute Gasteiger partial charge is 0.341 e. The number of hydrogen-bond acceptors (Lipinski definition) is 4. The zero-order chi connectivity index (χ0) is 23.7. The van der Waals surface area contributed by atoms with E-state index in [4.69, 9.17) is 5.26 Å². The lowest BCUT2D eigenvalue weighted by Crippen LogP contribution is -2.51. The second-order valence-electron chi connectivity index (χ2n) is 7.81. The summed E-state index contributed by atoms with van der Waals surface area (Å²) in [6.45, 7) is 5.86.